The zero-order valence-corrected chi connectivity index (χ0v) is 8.56. The standard InChI is InChI=1S/C8H15NO3S/c1-13(11,12)6-8(10)7-2-4-9-5-3-7/h7,9H,2-6H2,1H3. The van der Waals surface area contributed by atoms with Gasteiger partial charge in [0.15, 0.2) is 15.6 Å². The molecule has 1 aliphatic rings. The summed E-state index contributed by atoms with van der Waals surface area (Å²) in [6, 6.07) is 0. The van der Waals surface area contributed by atoms with E-state index in [0.29, 0.717) is 0 Å². The van der Waals surface area contributed by atoms with E-state index in [4.69, 9.17) is 0 Å². The lowest BCUT2D eigenvalue weighted by atomic mass is 9.94. The fraction of sp³-hybridized carbons (Fsp3) is 0.875. The van der Waals surface area contributed by atoms with Crippen LogP contribution in [0.25, 0.3) is 0 Å². The molecule has 0 aromatic heterocycles. The summed E-state index contributed by atoms with van der Waals surface area (Å²) in [5.74, 6) is -0.461. The highest BCUT2D eigenvalue weighted by Crippen LogP contribution is 2.13. The van der Waals surface area contributed by atoms with Crippen molar-refractivity contribution in [1.82, 2.24) is 5.32 Å². The average molecular weight is 205 g/mol. The molecule has 1 fully saturated rings. The van der Waals surface area contributed by atoms with Crippen LogP contribution in [0.15, 0.2) is 0 Å². The number of sulfone groups is 1. The van der Waals surface area contributed by atoms with Crippen molar-refractivity contribution in [3.05, 3.63) is 0 Å². The first kappa shape index (κ1) is 10.7. The lowest BCUT2D eigenvalue weighted by Crippen LogP contribution is -2.34. The molecule has 13 heavy (non-hydrogen) atoms. The van der Waals surface area contributed by atoms with Crippen LogP contribution in [0.3, 0.4) is 0 Å². The molecule has 0 radical (unpaired) electrons. The normalized spacial score (nSPS) is 20.1. The molecule has 0 aromatic rings. The van der Waals surface area contributed by atoms with Crippen molar-refractivity contribution in [1.29, 1.82) is 0 Å². The van der Waals surface area contributed by atoms with Gasteiger partial charge in [0.25, 0.3) is 0 Å². The number of carbonyl (C=O) groups excluding carboxylic acids is 1. The molecule has 0 spiro atoms. The summed E-state index contributed by atoms with van der Waals surface area (Å²) in [5.41, 5.74) is 0. The van der Waals surface area contributed by atoms with Crippen molar-refractivity contribution in [3.8, 4) is 0 Å². The van der Waals surface area contributed by atoms with Crippen molar-refractivity contribution in [2.24, 2.45) is 5.92 Å². The minimum Gasteiger partial charge on any atom is -0.317 e. The second-order valence-corrected chi connectivity index (χ2v) is 5.70. The molecule has 1 heterocycles. The van der Waals surface area contributed by atoms with Gasteiger partial charge in [-0.05, 0) is 25.9 Å². The van der Waals surface area contributed by atoms with Gasteiger partial charge in [-0.15, -0.1) is 0 Å². The fourth-order valence-electron chi connectivity index (χ4n) is 1.52. The molecule has 0 unspecified atom stereocenters. The van der Waals surface area contributed by atoms with Gasteiger partial charge in [0, 0.05) is 12.2 Å². The van der Waals surface area contributed by atoms with Crippen LogP contribution in [-0.4, -0.2) is 39.3 Å². The third-order valence-corrected chi connectivity index (χ3v) is 3.01. The van der Waals surface area contributed by atoms with Crippen molar-refractivity contribution >= 4 is 15.6 Å². The molecular weight excluding hydrogens is 190 g/mol. The molecule has 1 rings (SSSR count). The predicted octanol–water partition coefficient (Wildman–Crippen LogP) is -0.400. The Morgan fingerprint density at radius 2 is 1.92 bits per heavy atom. The lowest BCUT2D eigenvalue weighted by molar-refractivity contribution is -0.121. The van der Waals surface area contributed by atoms with Crippen LogP contribution < -0.4 is 5.32 Å². The van der Waals surface area contributed by atoms with E-state index < -0.39 is 9.84 Å². The molecule has 1 N–H and O–H groups in total. The van der Waals surface area contributed by atoms with E-state index >= 15 is 0 Å². The SMILES string of the molecule is CS(=O)(=O)CC(=O)C1CCNCC1. The van der Waals surface area contributed by atoms with Gasteiger partial charge in [-0.1, -0.05) is 0 Å². The maximum absolute atomic E-state index is 11.4. The van der Waals surface area contributed by atoms with E-state index in [2.05, 4.69) is 5.32 Å². The van der Waals surface area contributed by atoms with E-state index in [1.165, 1.54) is 0 Å². The molecule has 0 saturated carbocycles. The Morgan fingerprint density at radius 1 is 1.38 bits per heavy atom. The molecule has 0 aromatic carbocycles. The highest BCUT2D eigenvalue weighted by Gasteiger charge is 2.23. The van der Waals surface area contributed by atoms with Gasteiger partial charge in [0.1, 0.15) is 5.75 Å². The Hall–Kier alpha value is -0.420. The highest BCUT2D eigenvalue weighted by molar-refractivity contribution is 7.91. The molecule has 0 atom stereocenters. The Kier molecular flexibility index (Phi) is 3.44. The van der Waals surface area contributed by atoms with Crippen LogP contribution in [0.2, 0.25) is 0 Å². The van der Waals surface area contributed by atoms with Crippen LogP contribution in [0.5, 0.6) is 0 Å². The molecule has 76 valence electrons. The number of piperidine rings is 1. The van der Waals surface area contributed by atoms with Gasteiger partial charge in [-0.25, -0.2) is 8.42 Å². The first-order chi connectivity index (χ1) is 5.99. The molecule has 1 aliphatic heterocycles. The van der Waals surface area contributed by atoms with Crippen LogP contribution >= 0.6 is 0 Å². The Bertz CT molecular complexity index is 278. The number of carbonyl (C=O) groups is 1. The van der Waals surface area contributed by atoms with Crippen LogP contribution in [0, 0.1) is 5.92 Å². The molecule has 0 amide bonds. The van der Waals surface area contributed by atoms with Crippen molar-refractivity contribution in [2.75, 3.05) is 25.1 Å². The predicted molar refractivity (Wildman–Crippen MR) is 50.3 cm³/mol. The van der Waals surface area contributed by atoms with Crippen molar-refractivity contribution in [3.63, 3.8) is 0 Å². The topological polar surface area (TPSA) is 63.2 Å². The van der Waals surface area contributed by atoms with Crippen LogP contribution in [-0.2, 0) is 14.6 Å². The average Bonchev–Trinajstić information content (AvgIpc) is 2.03. The van der Waals surface area contributed by atoms with Gasteiger partial charge in [0.2, 0.25) is 0 Å². The van der Waals surface area contributed by atoms with Gasteiger partial charge in [-0.3, -0.25) is 4.79 Å². The monoisotopic (exact) mass is 205 g/mol. The second kappa shape index (κ2) is 4.19. The first-order valence-corrected chi connectivity index (χ1v) is 6.46. The van der Waals surface area contributed by atoms with Crippen LogP contribution in [0.1, 0.15) is 12.8 Å². The minimum absolute atomic E-state index is 0.0454. The third-order valence-electron chi connectivity index (χ3n) is 2.20. The van der Waals surface area contributed by atoms with Gasteiger partial charge in [-0.2, -0.15) is 0 Å². The molecule has 4 nitrogen and oxygen atoms in total. The van der Waals surface area contributed by atoms with Crippen LogP contribution in [0.4, 0.5) is 0 Å². The second-order valence-electron chi connectivity index (χ2n) is 3.56. The van der Waals surface area contributed by atoms with Gasteiger partial charge >= 0.3 is 0 Å². The largest absolute Gasteiger partial charge is 0.317 e. The maximum Gasteiger partial charge on any atom is 0.154 e. The number of hydrogen-bond acceptors (Lipinski definition) is 4. The lowest BCUT2D eigenvalue weighted by Gasteiger charge is -2.20. The molecular formula is C8H15NO3S. The smallest absolute Gasteiger partial charge is 0.154 e. The van der Waals surface area contributed by atoms with E-state index in [1.807, 2.05) is 0 Å². The zero-order valence-electron chi connectivity index (χ0n) is 7.75. The number of ketones is 1. The van der Waals surface area contributed by atoms with Crippen molar-refractivity contribution < 1.29 is 13.2 Å². The third kappa shape index (κ3) is 3.87. The summed E-state index contributed by atoms with van der Waals surface area (Å²) < 4.78 is 21.7. The van der Waals surface area contributed by atoms with E-state index in [-0.39, 0.29) is 17.5 Å². The fourth-order valence-corrected chi connectivity index (χ4v) is 2.27. The molecule has 0 aliphatic carbocycles. The summed E-state index contributed by atoms with van der Waals surface area (Å²) in [5, 5.41) is 3.13. The minimum atomic E-state index is -3.14. The first-order valence-electron chi connectivity index (χ1n) is 4.40. The van der Waals surface area contributed by atoms with E-state index in [0.717, 1.165) is 32.2 Å². The van der Waals surface area contributed by atoms with Gasteiger partial charge in [0.05, 0.1) is 0 Å². The molecule has 1 saturated heterocycles. The summed E-state index contributed by atoms with van der Waals surface area (Å²) in [7, 11) is -3.14. The number of Topliss-reactive ketones (excluding diaryl/α,β-unsaturated/α-hetero) is 1. The van der Waals surface area contributed by atoms with Crippen molar-refractivity contribution in [2.45, 2.75) is 12.8 Å². The van der Waals surface area contributed by atoms with E-state index in [1.54, 1.807) is 0 Å². The Labute approximate surface area is 78.6 Å². The zero-order chi connectivity index (χ0) is 9.90. The maximum atomic E-state index is 11.4. The molecule has 0 bridgehead atoms. The number of nitrogens with one attached hydrogen (secondary N) is 1. The summed E-state index contributed by atoms with van der Waals surface area (Å²) >= 11 is 0. The summed E-state index contributed by atoms with van der Waals surface area (Å²) in [4.78, 5) is 11.4. The summed E-state index contributed by atoms with van der Waals surface area (Å²) in [6.45, 7) is 1.64. The molecule has 5 heteroatoms. The summed E-state index contributed by atoms with van der Waals surface area (Å²) in [6.07, 6.45) is 2.65. The quantitative estimate of drug-likeness (QED) is 0.681. The Balaban J connectivity index is 2.47. The highest BCUT2D eigenvalue weighted by atomic mass is 32.2. The Morgan fingerprint density at radius 3 is 2.38 bits per heavy atom. The van der Waals surface area contributed by atoms with E-state index in [9.17, 15) is 13.2 Å². The van der Waals surface area contributed by atoms with Gasteiger partial charge < -0.3 is 5.32 Å². The number of rotatable bonds is 3. The number of hydrogen-bond donors (Lipinski definition) is 1.